The molecule has 1 aliphatic rings. The van der Waals surface area contributed by atoms with Gasteiger partial charge in [-0.15, -0.1) is 0 Å². The van der Waals surface area contributed by atoms with Gasteiger partial charge in [0.05, 0.1) is 12.7 Å². The predicted octanol–water partition coefficient (Wildman–Crippen LogP) is -2.54. The minimum atomic E-state index is -4.88. The fourth-order valence-corrected chi connectivity index (χ4v) is 3.19. The smallest absolute Gasteiger partial charge is 0.363 e. The zero-order valence-electron chi connectivity index (χ0n) is 14.0. The van der Waals surface area contributed by atoms with Gasteiger partial charge in [-0.3, -0.25) is 23.3 Å². The van der Waals surface area contributed by atoms with E-state index in [2.05, 4.69) is 5.32 Å². The molecule has 1 aliphatic heterocycles. The number of rotatable bonds is 6. The monoisotopic (exact) mass is 393 g/mol. The molecule has 1 saturated heterocycles. The summed E-state index contributed by atoms with van der Waals surface area (Å²) in [6.45, 7) is -0.485. The van der Waals surface area contributed by atoms with Crippen LogP contribution in [0.25, 0.3) is 0 Å². The van der Waals surface area contributed by atoms with Crippen LogP contribution in [-0.4, -0.2) is 61.6 Å². The summed E-state index contributed by atoms with van der Waals surface area (Å²) in [5, 5.41) is 12.1. The second-order valence-corrected chi connectivity index (χ2v) is 7.37. The molecule has 0 aliphatic carbocycles. The van der Waals surface area contributed by atoms with Crippen LogP contribution >= 0.6 is 7.60 Å². The average Bonchev–Trinajstić information content (AvgIpc) is 2.92. The van der Waals surface area contributed by atoms with E-state index >= 15 is 0 Å². The van der Waals surface area contributed by atoms with Crippen molar-refractivity contribution in [2.24, 2.45) is 7.05 Å². The Balaban J connectivity index is 2.11. The van der Waals surface area contributed by atoms with Crippen LogP contribution in [-0.2, 0) is 25.9 Å². The number of aliphatic hydroxyl groups is 1. The van der Waals surface area contributed by atoms with Gasteiger partial charge in [-0.25, -0.2) is 4.79 Å². The summed E-state index contributed by atoms with van der Waals surface area (Å²) in [4.78, 5) is 53.4. The highest BCUT2D eigenvalue weighted by atomic mass is 31.2. The summed E-state index contributed by atoms with van der Waals surface area (Å²) >= 11 is 0. The molecule has 26 heavy (non-hydrogen) atoms. The van der Waals surface area contributed by atoms with E-state index in [0.717, 1.165) is 15.2 Å². The third-order valence-electron chi connectivity index (χ3n) is 3.93. The molecule has 0 radical (unpaired) electrons. The third kappa shape index (κ3) is 4.29. The number of hydrogen-bond acceptors (Lipinski definition) is 7. The van der Waals surface area contributed by atoms with E-state index in [1.165, 1.54) is 20.3 Å². The van der Waals surface area contributed by atoms with Crippen molar-refractivity contribution in [3.05, 3.63) is 33.1 Å². The fraction of sp³-hybridized carbons (Fsp3) is 0.615. The molecule has 1 aromatic heterocycles. The molecule has 1 fully saturated rings. The number of amides is 1. The Morgan fingerprint density at radius 1 is 1.50 bits per heavy atom. The molecule has 13 heteroatoms. The van der Waals surface area contributed by atoms with E-state index in [4.69, 9.17) is 9.47 Å². The van der Waals surface area contributed by atoms with Crippen molar-refractivity contribution in [1.82, 2.24) is 14.5 Å². The number of likely N-dealkylation sites (N-methyl/N-ethyl adjacent to an activating group) is 1. The van der Waals surface area contributed by atoms with Gasteiger partial charge in [0.15, 0.2) is 0 Å². The van der Waals surface area contributed by atoms with Crippen LogP contribution in [0.5, 0.6) is 0 Å². The number of aliphatic hydroxyl groups excluding tert-OH is 1. The average molecular weight is 393 g/mol. The maximum atomic E-state index is 12.1. The third-order valence-corrected chi connectivity index (χ3v) is 4.92. The zero-order chi connectivity index (χ0) is 19.6. The maximum Gasteiger partial charge on any atom is 0.363 e. The molecule has 146 valence electrons. The first-order valence-corrected chi connectivity index (χ1v) is 9.24. The topological polar surface area (TPSA) is 169 Å². The zero-order valence-corrected chi connectivity index (χ0v) is 14.9. The van der Waals surface area contributed by atoms with Crippen LogP contribution in [0.1, 0.15) is 12.6 Å². The molecule has 1 aromatic rings. The lowest BCUT2D eigenvalue weighted by atomic mass is 10.2. The lowest BCUT2D eigenvalue weighted by Gasteiger charge is -2.21. The van der Waals surface area contributed by atoms with Gasteiger partial charge in [0.2, 0.25) is 5.85 Å². The van der Waals surface area contributed by atoms with Crippen molar-refractivity contribution >= 4 is 13.5 Å². The van der Waals surface area contributed by atoms with Crippen molar-refractivity contribution in [2.45, 2.75) is 30.7 Å². The standard InChI is InChI=1S/C13H20N3O9P/c1-14-11(19)12(26(21,22)23)24-6-8-7(17)5-10(25-8)16-4-3-9(18)15(2)13(16)20/h3-4,7-8,10,12,17H,5-6H2,1-2H3,(H,14,19)(H2,21,22,23)/t7-,8+,10+,12?/m0/s1. The van der Waals surface area contributed by atoms with Crippen molar-refractivity contribution < 1.29 is 33.7 Å². The van der Waals surface area contributed by atoms with Gasteiger partial charge >= 0.3 is 13.3 Å². The number of nitrogens with zero attached hydrogens (tertiary/aromatic N) is 2. The highest BCUT2D eigenvalue weighted by molar-refractivity contribution is 7.53. The van der Waals surface area contributed by atoms with Crippen LogP contribution < -0.4 is 16.6 Å². The second kappa shape index (κ2) is 7.82. The van der Waals surface area contributed by atoms with E-state index in [-0.39, 0.29) is 6.42 Å². The summed E-state index contributed by atoms with van der Waals surface area (Å²) in [6, 6.07) is 1.16. The molecule has 0 saturated carbocycles. The Kier molecular flexibility index (Phi) is 6.17. The first-order valence-electron chi connectivity index (χ1n) is 7.56. The van der Waals surface area contributed by atoms with Gasteiger partial charge in [-0.1, -0.05) is 0 Å². The molecule has 1 amide bonds. The normalized spacial score (nSPS) is 24.4. The van der Waals surface area contributed by atoms with Gasteiger partial charge in [0, 0.05) is 32.8 Å². The van der Waals surface area contributed by atoms with Crippen LogP contribution in [0.3, 0.4) is 0 Å². The predicted molar refractivity (Wildman–Crippen MR) is 86.3 cm³/mol. The Labute approximate surface area is 147 Å². The molecule has 0 spiro atoms. The van der Waals surface area contributed by atoms with Gasteiger partial charge in [0.1, 0.15) is 12.3 Å². The molecular weight excluding hydrogens is 373 g/mol. The highest BCUT2D eigenvalue weighted by Gasteiger charge is 2.40. The first kappa shape index (κ1) is 20.5. The van der Waals surface area contributed by atoms with Gasteiger partial charge in [-0.2, -0.15) is 0 Å². The molecule has 0 aromatic carbocycles. The summed E-state index contributed by atoms with van der Waals surface area (Å²) in [5.74, 6) is -3.06. The molecule has 2 rings (SSSR count). The fourth-order valence-electron chi connectivity index (χ4n) is 2.48. The van der Waals surface area contributed by atoms with E-state index in [1.807, 2.05) is 0 Å². The Hall–Kier alpha value is -1.82. The van der Waals surface area contributed by atoms with Crippen LogP contribution in [0.4, 0.5) is 0 Å². The minimum absolute atomic E-state index is 0.00725. The van der Waals surface area contributed by atoms with E-state index < -0.39 is 55.6 Å². The number of hydrogen-bond donors (Lipinski definition) is 4. The summed E-state index contributed by atoms with van der Waals surface area (Å²) < 4.78 is 23.8. The van der Waals surface area contributed by atoms with Crippen molar-refractivity contribution in [3.63, 3.8) is 0 Å². The molecule has 2 heterocycles. The van der Waals surface area contributed by atoms with E-state index in [1.54, 1.807) is 0 Å². The molecule has 1 unspecified atom stereocenters. The quantitative estimate of drug-likeness (QED) is 0.380. The largest absolute Gasteiger partial charge is 0.390 e. The number of nitrogens with one attached hydrogen (secondary N) is 1. The van der Waals surface area contributed by atoms with Gasteiger partial charge in [-0.05, 0) is 0 Å². The van der Waals surface area contributed by atoms with Crippen LogP contribution in [0, 0.1) is 0 Å². The van der Waals surface area contributed by atoms with E-state index in [0.29, 0.717) is 0 Å². The summed E-state index contributed by atoms with van der Waals surface area (Å²) in [5.41, 5.74) is -1.14. The minimum Gasteiger partial charge on any atom is -0.390 e. The van der Waals surface area contributed by atoms with Gasteiger partial charge < -0.3 is 29.7 Å². The van der Waals surface area contributed by atoms with E-state index in [9.17, 15) is 33.8 Å². The molecule has 0 bridgehead atoms. The number of carbonyl (C=O) groups is 1. The Morgan fingerprint density at radius 3 is 2.73 bits per heavy atom. The molecule has 4 atom stereocenters. The summed E-state index contributed by atoms with van der Waals surface area (Å²) in [6.07, 6.45) is -1.80. The van der Waals surface area contributed by atoms with Crippen molar-refractivity contribution in [3.8, 4) is 0 Å². The van der Waals surface area contributed by atoms with Gasteiger partial charge in [0.25, 0.3) is 11.5 Å². The van der Waals surface area contributed by atoms with Crippen LogP contribution in [0.15, 0.2) is 21.9 Å². The number of aromatic nitrogens is 2. The SMILES string of the molecule is CNC(=O)C(OC[C@H]1O[C@@H](n2ccc(=O)n(C)c2=O)C[C@@H]1O)P(=O)(O)O. The Morgan fingerprint density at radius 2 is 2.15 bits per heavy atom. The lowest BCUT2D eigenvalue weighted by molar-refractivity contribution is -0.132. The second-order valence-electron chi connectivity index (χ2n) is 5.72. The highest BCUT2D eigenvalue weighted by Crippen LogP contribution is 2.42. The molecular formula is C13H20N3O9P. The number of ether oxygens (including phenoxy) is 2. The number of carbonyl (C=O) groups excluding carboxylic acids is 1. The van der Waals surface area contributed by atoms with Crippen molar-refractivity contribution in [2.75, 3.05) is 13.7 Å². The van der Waals surface area contributed by atoms with Crippen molar-refractivity contribution in [1.29, 1.82) is 0 Å². The maximum absolute atomic E-state index is 12.1. The lowest BCUT2D eigenvalue weighted by Crippen LogP contribution is -2.39. The molecule has 4 N–H and O–H groups in total. The Bertz CT molecular complexity index is 829. The first-order chi connectivity index (χ1) is 12.1. The molecule has 12 nitrogen and oxygen atoms in total. The van der Waals surface area contributed by atoms with Crippen LogP contribution in [0.2, 0.25) is 0 Å². The summed E-state index contributed by atoms with van der Waals surface area (Å²) in [7, 11) is -2.40.